The van der Waals surface area contributed by atoms with Gasteiger partial charge in [0.1, 0.15) is 21.9 Å². The van der Waals surface area contributed by atoms with Crippen LogP contribution >= 0.6 is 11.3 Å². The lowest BCUT2D eigenvalue weighted by Gasteiger charge is -2.24. The van der Waals surface area contributed by atoms with Crippen LogP contribution in [0.1, 0.15) is 21.8 Å². The molecule has 3 aromatic rings. The molecule has 28 heavy (non-hydrogen) atoms. The number of amides is 1. The van der Waals surface area contributed by atoms with Crippen LogP contribution in [0.15, 0.2) is 30.7 Å². The molecule has 0 spiro atoms. The second kappa shape index (κ2) is 6.66. The highest BCUT2D eigenvalue weighted by atomic mass is 32.1. The highest BCUT2D eigenvalue weighted by Gasteiger charge is 2.30. The molecule has 7 nitrogen and oxygen atoms in total. The Labute approximate surface area is 165 Å². The molecule has 0 bridgehead atoms. The van der Waals surface area contributed by atoms with Gasteiger partial charge in [-0.2, -0.15) is 5.10 Å². The smallest absolute Gasteiger partial charge is 0.270 e. The topological polar surface area (TPSA) is 67.2 Å². The monoisotopic (exact) mass is 397 g/mol. The zero-order valence-electron chi connectivity index (χ0n) is 15.4. The molecule has 0 aromatic carbocycles. The molecular formula is C19H19FN6OS. The summed E-state index contributed by atoms with van der Waals surface area (Å²) in [6, 6.07) is 3.85. The van der Waals surface area contributed by atoms with E-state index >= 15 is 0 Å². The lowest BCUT2D eigenvalue weighted by Crippen LogP contribution is -2.36. The Morgan fingerprint density at radius 2 is 2.14 bits per heavy atom. The average molecular weight is 397 g/mol. The van der Waals surface area contributed by atoms with Crippen molar-refractivity contribution in [1.29, 1.82) is 0 Å². The van der Waals surface area contributed by atoms with E-state index in [9.17, 15) is 9.18 Å². The second-order valence-electron chi connectivity index (χ2n) is 7.11. The Hall–Kier alpha value is -2.81. The Balaban J connectivity index is 1.39. The van der Waals surface area contributed by atoms with Crippen LogP contribution < -0.4 is 9.80 Å². The third-order valence-corrected chi connectivity index (χ3v) is 6.30. The quantitative estimate of drug-likeness (QED) is 0.680. The molecular weight excluding hydrogens is 378 g/mol. The van der Waals surface area contributed by atoms with E-state index in [0.29, 0.717) is 37.4 Å². The fourth-order valence-electron chi connectivity index (χ4n) is 3.67. The van der Waals surface area contributed by atoms with Gasteiger partial charge in [0.15, 0.2) is 0 Å². The van der Waals surface area contributed by atoms with Crippen molar-refractivity contribution in [3.63, 3.8) is 0 Å². The fourth-order valence-corrected chi connectivity index (χ4v) is 4.72. The van der Waals surface area contributed by atoms with Crippen LogP contribution in [0, 0.1) is 0 Å². The van der Waals surface area contributed by atoms with Gasteiger partial charge in [0.25, 0.3) is 5.91 Å². The largest absolute Gasteiger partial charge is 0.354 e. The van der Waals surface area contributed by atoms with Gasteiger partial charge in [-0.05, 0) is 18.6 Å². The number of carbonyl (C=O) groups is 1. The maximum Gasteiger partial charge on any atom is 0.270 e. The second-order valence-corrected chi connectivity index (χ2v) is 8.11. The van der Waals surface area contributed by atoms with E-state index in [2.05, 4.69) is 15.1 Å². The number of hydrogen-bond donors (Lipinski definition) is 0. The van der Waals surface area contributed by atoms with E-state index in [4.69, 9.17) is 0 Å². The first-order valence-electron chi connectivity index (χ1n) is 9.24. The number of halogens is 1. The summed E-state index contributed by atoms with van der Waals surface area (Å²) in [6.07, 6.45) is 5.79. The van der Waals surface area contributed by atoms with Crippen LogP contribution in [0.3, 0.4) is 0 Å². The summed E-state index contributed by atoms with van der Waals surface area (Å²) in [6.45, 7) is 1.69. The molecule has 0 N–H and O–H groups in total. The van der Waals surface area contributed by atoms with Crippen LogP contribution in [0.5, 0.6) is 0 Å². The van der Waals surface area contributed by atoms with Crippen LogP contribution in [-0.4, -0.2) is 51.5 Å². The Kier molecular flexibility index (Phi) is 4.12. The van der Waals surface area contributed by atoms with Crippen LogP contribution in [-0.2, 0) is 13.5 Å². The summed E-state index contributed by atoms with van der Waals surface area (Å²) in [5.74, 6) is 0.748. The molecule has 5 heterocycles. The zero-order chi connectivity index (χ0) is 19.3. The molecule has 0 radical (unpaired) electrons. The summed E-state index contributed by atoms with van der Waals surface area (Å²) in [7, 11) is 1.83. The minimum absolute atomic E-state index is 0.0337. The van der Waals surface area contributed by atoms with E-state index in [1.807, 2.05) is 30.3 Å². The van der Waals surface area contributed by atoms with Crippen molar-refractivity contribution in [1.82, 2.24) is 19.7 Å². The molecule has 1 saturated heterocycles. The number of thiazole rings is 1. The van der Waals surface area contributed by atoms with Crippen molar-refractivity contribution in [2.24, 2.45) is 7.05 Å². The number of pyridine rings is 1. The summed E-state index contributed by atoms with van der Waals surface area (Å²) >= 11 is 1.40. The number of aryl methyl sites for hydroxylation is 1. The number of rotatable bonds is 3. The number of fused-ring (bicyclic) bond motifs is 1. The summed E-state index contributed by atoms with van der Waals surface area (Å²) < 4.78 is 15.1. The standard InChI is InChI=1S/C19H19FN6OS/c1-24-11-14(9-22-24)26-7-5-15-17(19(26)27)28-18(23-15)12-2-3-16(21-8-12)25-6-4-13(20)10-25/h2-3,8-9,11,13H,4-7,10H2,1H3/i20-1. The summed E-state index contributed by atoms with van der Waals surface area (Å²) in [5.41, 5.74) is 2.52. The Morgan fingerprint density at radius 1 is 1.25 bits per heavy atom. The van der Waals surface area contributed by atoms with E-state index in [1.165, 1.54) is 11.3 Å². The molecule has 1 fully saturated rings. The lowest BCUT2D eigenvalue weighted by atomic mass is 10.1. The maximum absolute atomic E-state index is 13.4. The van der Waals surface area contributed by atoms with Crippen molar-refractivity contribution in [3.8, 4) is 10.6 Å². The van der Waals surface area contributed by atoms with Crippen molar-refractivity contribution < 1.29 is 9.18 Å². The molecule has 1 amide bonds. The predicted molar refractivity (Wildman–Crippen MR) is 106 cm³/mol. The molecule has 1 unspecified atom stereocenters. The average Bonchev–Trinajstić information content (AvgIpc) is 3.42. The number of carbonyl (C=O) groups excluding carboxylic acids is 1. The van der Waals surface area contributed by atoms with E-state index in [1.54, 1.807) is 22.0 Å². The van der Waals surface area contributed by atoms with Gasteiger partial charge in [0.2, 0.25) is 0 Å². The molecule has 0 saturated carbocycles. The first-order valence-corrected chi connectivity index (χ1v) is 10.1. The summed E-state index contributed by atoms with van der Waals surface area (Å²) in [4.78, 5) is 26.5. The highest BCUT2D eigenvalue weighted by Crippen LogP contribution is 2.33. The van der Waals surface area contributed by atoms with Gasteiger partial charge in [0.05, 0.1) is 24.1 Å². The molecule has 2 aliphatic rings. The molecule has 0 aliphatic carbocycles. The zero-order valence-corrected chi connectivity index (χ0v) is 16.2. The van der Waals surface area contributed by atoms with Crippen molar-refractivity contribution in [2.75, 3.05) is 29.4 Å². The van der Waals surface area contributed by atoms with E-state index < -0.39 is 6.17 Å². The number of aromatic nitrogens is 4. The molecule has 5 rings (SSSR count). The number of hydrogen-bond acceptors (Lipinski definition) is 6. The molecule has 1 atom stereocenters. The van der Waals surface area contributed by atoms with Gasteiger partial charge in [-0.25, -0.2) is 14.4 Å². The van der Waals surface area contributed by atoms with Crippen molar-refractivity contribution in [3.05, 3.63) is 41.3 Å². The van der Waals surface area contributed by atoms with Crippen LogP contribution in [0.2, 0.25) is 0 Å². The lowest BCUT2D eigenvalue weighted by molar-refractivity contribution is 0.0984. The highest BCUT2D eigenvalue weighted by molar-refractivity contribution is 7.17. The molecule has 9 heteroatoms. The van der Waals surface area contributed by atoms with Gasteiger partial charge in [-0.15, -0.1) is 11.3 Å². The van der Waals surface area contributed by atoms with Gasteiger partial charge in [-0.1, -0.05) is 0 Å². The Bertz CT molecular complexity index is 1030. The van der Waals surface area contributed by atoms with E-state index in [-0.39, 0.29) is 5.91 Å². The molecule has 144 valence electrons. The Morgan fingerprint density at radius 3 is 2.82 bits per heavy atom. The van der Waals surface area contributed by atoms with Gasteiger partial charge >= 0.3 is 0 Å². The van der Waals surface area contributed by atoms with E-state index in [0.717, 1.165) is 27.8 Å². The minimum Gasteiger partial charge on any atom is -0.354 e. The fraction of sp³-hybridized carbons (Fsp3) is 0.368. The third kappa shape index (κ3) is 2.95. The van der Waals surface area contributed by atoms with Crippen LogP contribution in [0.4, 0.5) is 15.9 Å². The predicted octanol–water partition coefficient (Wildman–Crippen LogP) is 2.69. The van der Waals surface area contributed by atoms with Crippen molar-refractivity contribution in [2.45, 2.75) is 19.0 Å². The SMILES string of the molecule is Cn1cc(N2CCc3nc(-c4ccc(N5CCC([18F])C5)nc4)sc3C2=O)cn1. The van der Waals surface area contributed by atoms with Gasteiger partial charge in [-0.3, -0.25) is 9.48 Å². The maximum atomic E-state index is 13.4. The first kappa shape index (κ1) is 17.3. The van der Waals surface area contributed by atoms with Gasteiger partial charge in [0, 0.05) is 44.5 Å². The first-order chi connectivity index (χ1) is 13.6. The summed E-state index contributed by atoms with van der Waals surface area (Å²) in [5, 5.41) is 4.94. The normalized spacial score (nSPS) is 19.4. The van der Waals surface area contributed by atoms with Crippen LogP contribution in [0.25, 0.3) is 10.6 Å². The minimum atomic E-state index is -0.777. The third-order valence-electron chi connectivity index (χ3n) is 5.16. The number of anilines is 2. The van der Waals surface area contributed by atoms with Crippen molar-refractivity contribution >= 4 is 28.7 Å². The molecule has 2 aliphatic heterocycles. The molecule has 3 aromatic heterocycles. The number of alkyl halides is 1. The number of nitrogens with zero attached hydrogens (tertiary/aromatic N) is 6. The van der Waals surface area contributed by atoms with Gasteiger partial charge < -0.3 is 9.80 Å².